The van der Waals surface area contributed by atoms with E-state index in [4.69, 9.17) is 0 Å². The molecule has 0 unspecified atom stereocenters. The Morgan fingerprint density at radius 3 is 2.70 bits per heavy atom. The Labute approximate surface area is 125 Å². The van der Waals surface area contributed by atoms with Gasteiger partial charge in [-0.15, -0.1) is 11.3 Å². The van der Waals surface area contributed by atoms with Crippen molar-refractivity contribution >= 4 is 28.9 Å². The second-order valence-electron chi connectivity index (χ2n) is 5.75. The molecule has 1 fully saturated rings. The van der Waals surface area contributed by atoms with Crippen molar-refractivity contribution in [3.05, 3.63) is 16.0 Å². The molecule has 0 atom stereocenters. The van der Waals surface area contributed by atoms with Crippen LogP contribution in [0.1, 0.15) is 54.5 Å². The van der Waals surface area contributed by atoms with Gasteiger partial charge in [0.1, 0.15) is 10.8 Å². The topological polar surface area (TPSA) is 36.8 Å². The molecule has 0 aromatic carbocycles. The fourth-order valence-corrected chi connectivity index (χ4v) is 4.63. The first kappa shape index (κ1) is 13.8. The van der Waals surface area contributed by atoms with Gasteiger partial charge in [0.05, 0.1) is 5.56 Å². The number of fused-ring (bicyclic) bond motifs is 1. The van der Waals surface area contributed by atoms with Crippen LogP contribution in [0.25, 0.3) is 0 Å². The number of hydrogen-bond acceptors (Lipinski definition) is 3. The lowest BCUT2D eigenvalue weighted by atomic mass is 9.95. The molecule has 0 radical (unpaired) electrons. The van der Waals surface area contributed by atoms with E-state index < -0.39 is 0 Å². The summed E-state index contributed by atoms with van der Waals surface area (Å²) in [5.41, 5.74) is 2.71. The van der Waals surface area contributed by atoms with E-state index in [9.17, 15) is 0 Å². The van der Waals surface area contributed by atoms with Gasteiger partial charge in [-0.1, -0.05) is 19.3 Å². The van der Waals surface area contributed by atoms with Gasteiger partial charge in [-0.2, -0.15) is 0 Å². The van der Waals surface area contributed by atoms with Gasteiger partial charge in [-0.05, 0) is 44.4 Å². The summed E-state index contributed by atoms with van der Waals surface area (Å²) < 4.78 is 0. The maximum Gasteiger partial charge on any atom is 0.131 e. The van der Waals surface area contributed by atoms with E-state index in [1.807, 2.05) is 7.05 Å². The molecule has 1 aromatic heterocycles. The van der Waals surface area contributed by atoms with E-state index in [0.29, 0.717) is 6.04 Å². The van der Waals surface area contributed by atoms with E-state index in [1.54, 1.807) is 11.3 Å². The predicted molar refractivity (Wildman–Crippen MR) is 88.0 cm³/mol. The number of aryl methyl sites for hydroxylation is 1. The minimum atomic E-state index is 0.581. The highest BCUT2D eigenvalue weighted by molar-refractivity contribution is 7.16. The van der Waals surface area contributed by atoms with Gasteiger partial charge < -0.3 is 5.32 Å². The third-order valence-electron chi connectivity index (χ3n) is 4.45. The maximum absolute atomic E-state index is 4.54. The molecule has 0 amide bonds. The highest BCUT2D eigenvalue weighted by Gasteiger charge is 2.26. The third kappa shape index (κ3) is 2.53. The Hall–Kier alpha value is -1.16. The standard InChI is InChI=1S/C16H23N3S/c1-17-15(19-11-7-4-3-5-8-11)14-12-9-6-10-13(12)20-16(14)18-2/h11H,2-10H2,1H3,(H,17,19). The number of rotatable bonds is 3. The lowest BCUT2D eigenvalue weighted by molar-refractivity contribution is 0.413. The minimum absolute atomic E-state index is 0.581. The molecule has 3 rings (SSSR count). The normalized spacial score (nSPS) is 19.9. The number of nitrogens with one attached hydrogen (secondary N) is 1. The van der Waals surface area contributed by atoms with Crippen molar-refractivity contribution < 1.29 is 0 Å². The highest BCUT2D eigenvalue weighted by atomic mass is 32.1. The van der Waals surface area contributed by atoms with Gasteiger partial charge in [-0.25, -0.2) is 0 Å². The largest absolute Gasteiger partial charge is 0.367 e. The molecule has 1 aromatic rings. The average molecular weight is 289 g/mol. The minimum Gasteiger partial charge on any atom is -0.367 e. The monoisotopic (exact) mass is 289 g/mol. The number of thiophene rings is 1. The van der Waals surface area contributed by atoms with Crippen LogP contribution in [0.4, 0.5) is 5.00 Å². The van der Waals surface area contributed by atoms with E-state index >= 15 is 0 Å². The molecule has 0 bridgehead atoms. The van der Waals surface area contributed by atoms with Gasteiger partial charge in [0.25, 0.3) is 0 Å². The molecule has 4 heteroatoms. The first-order chi connectivity index (χ1) is 9.83. The molecule has 0 spiro atoms. The van der Waals surface area contributed by atoms with Gasteiger partial charge in [0, 0.05) is 18.0 Å². The van der Waals surface area contributed by atoms with Crippen LogP contribution in [0.3, 0.4) is 0 Å². The molecule has 0 aliphatic heterocycles. The van der Waals surface area contributed by atoms with E-state index in [-0.39, 0.29) is 0 Å². The Morgan fingerprint density at radius 2 is 2.00 bits per heavy atom. The summed E-state index contributed by atoms with van der Waals surface area (Å²) in [7, 11) is 1.89. The fourth-order valence-electron chi connectivity index (χ4n) is 3.43. The van der Waals surface area contributed by atoms with E-state index in [2.05, 4.69) is 22.0 Å². The van der Waals surface area contributed by atoms with Crippen molar-refractivity contribution in [2.75, 3.05) is 7.05 Å². The fraction of sp³-hybridized carbons (Fsp3) is 0.625. The first-order valence-electron chi connectivity index (χ1n) is 7.68. The average Bonchev–Trinajstić information content (AvgIpc) is 3.06. The van der Waals surface area contributed by atoms with Crippen LogP contribution in [0, 0.1) is 0 Å². The van der Waals surface area contributed by atoms with Crippen molar-refractivity contribution in [3.8, 4) is 0 Å². The van der Waals surface area contributed by atoms with Crippen molar-refractivity contribution in [2.45, 2.75) is 57.4 Å². The molecule has 3 nitrogen and oxygen atoms in total. The number of aliphatic imine (C=N–C) groups is 2. The van der Waals surface area contributed by atoms with Crippen LogP contribution < -0.4 is 5.32 Å². The van der Waals surface area contributed by atoms with Gasteiger partial charge in [0.2, 0.25) is 0 Å². The molecule has 2 aliphatic rings. The van der Waals surface area contributed by atoms with Crippen molar-refractivity contribution in [1.29, 1.82) is 0 Å². The predicted octanol–water partition coefficient (Wildman–Crippen LogP) is 3.87. The Kier molecular flexibility index (Phi) is 4.20. The SMILES string of the molecule is C=Nc1sc2c(c1C(=NC)NC1CCCCC1)CCC2. The third-order valence-corrected chi connectivity index (χ3v) is 5.68. The van der Waals surface area contributed by atoms with Crippen LogP contribution in [0.2, 0.25) is 0 Å². The molecule has 108 valence electrons. The van der Waals surface area contributed by atoms with Gasteiger partial charge >= 0.3 is 0 Å². The lowest BCUT2D eigenvalue weighted by Crippen LogP contribution is -2.37. The molecule has 0 saturated heterocycles. The summed E-state index contributed by atoms with van der Waals surface area (Å²) in [6, 6.07) is 0.581. The molecule has 20 heavy (non-hydrogen) atoms. The number of amidine groups is 1. The summed E-state index contributed by atoms with van der Waals surface area (Å²) in [5.74, 6) is 1.04. The highest BCUT2D eigenvalue weighted by Crippen LogP contribution is 2.40. The zero-order chi connectivity index (χ0) is 13.9. The van der Waals surface area contributed by atoms with Crippen LogP contribution in [-0.4, -0.2) is 25.6 Å². The Balaban J connectivity index is 1.87. The van der Waals surface area contributed by atoms with Crippen molar-refractivity contribution in [3.63, 3.8) is 0 Å². The molecule has 1 heterocycles. The Bertz CT molecular complexity index is 524. The molecule has 1 N–H and O–H groups in total. The van der Waals surface area contributed by atoms with E-state index in [1.165, 1.54) is 67.4 Å². The molecular formula is C16H23N3S. The second-order valence-corrected chi connectivity index (χ2v) is 6.83. The van der Waals surface area contributed by atoms with Gasteiger partial charge in [0.15, 0.2) is 0 Å². The second kappa shape index (κ2) is 6.08. The van der Waals surface area contributed by atoms with E-state index in [0.717, 1.165) is 10.8 Å². The van der Waals surface area contributed by atoms with Gasteiger partial charge in [-0.3, -0.25) is 9.98 Å². The maximum atomic E-state index is 4.54. The molecular weight excluding hydrogens is 266 g/mol. The smallest absolute Gasteiger partial charge is 0.131 e. The number of hydrogen-bond donors (Lipinski definition) is 1. The summed E-state index contributed by atoms with van der Waals surface area (Å²) in [6.07, 6.45) is 10.2. The van der Waals surface area contributed by atoms with Crippen molar-refractivity contribution in [2.24, 2.45) is 9.98 Å². The van der Waals surface area contributed by atoms with Crippen LogP contribution in [-0.2, 0) is 12.8 Å². The summed E-state index contributed by atoms with van der Waals surface area (Å²) in [5, 5.41) is 4.74. The summed E-state index contributed by atoms with van der Waals surface area (Å²) in [6.45, 7) is 3.75. The molecule has 2 aliphatic carbocycles. The summed E-state index contributed by atoms with van der Waals surface area (Å²) in [4.78, 5) is 10.3. The lowest BCUT2D eigenvalue weighted by Gasteiger charge is -2.25. The zero-order valence-corrected chi connectivity index (χ0v) is 13.1. The van der Waals surface area contributed by atoms with Crippen LogP contribution in [0.5, 0.6) is 0 Å². The Morgan fingerprint density at radius 1 is 1.20 bits per heavy atom. The van der Waals surface area contributed by atoms with Crippen molar-refractivity contribution in [1.82, 2.24) is 5.32 Å². The molecule has 1 saturated carbocycles. The first-order valence-corrected chi connectivity index (χ1v) is 8.50. The summed E-state index contributed by atoms with van der Waals surface area (Å²) >= 11 is 1.80. The quantitative estimate of drug-likeness (QED) is 0.665. The number of nitrogens with zero attached hydrogens (tertiary/aromatic N) is 2. The zero-order valence-electron chi connectivity index (χ0n) is 12.2. The van der Waals surface area contributed by atoms with Crippen LogP contribution in [0.15, 0.2) is 9.98 Å². The van der Waals surface area contributed by atoms with Crippen LogP contribution >= 0.6 is 11.3 Å².